The minimum Gasteiger partial charge on any atom is -0.343 e. The Bertz CT molecular complexity index is 424. The number of rotatable bonds is 3. The summed E-state index contributed by atoms with van der Waals surface area (Å²) in [5, 5.41) is 4.84. The van der Waals surface area contributed by atoms with Crippen molar-refractivity contribution >= 4 is 29.4 Å². The van der Waals surface area contributed by atoms with Crippen LogP contribution in [0, 0.1) is 0 Å². The zero-order chi connectivity index (χ0) is 13.8. The molecule has 2 aliphatic rings. The van der Waals surface area contributed by atoms with Gasteiger partial charge in [0.05, 0.1) is 6.04 Å². The lowest BCUT2D eigenvalue weighted by Crippen LogP contribution is -2.40. The second kappa shape index (κ2) is 6.89. The predicted molar refractivity (Wildman–Crippen MR) is 85.3 cm³/mol. The Labute approximate surface area is 128 Å². The lowest BCUT2D eigenvalue weighted by atomic mass is 10.0. The molecule has 0 saturated carbocycles. The SMILES string of the molecule is O=C(C[C@@H]1CSCCS1)N1CCC(n2cccn2)CC1. The van der Waals surface area contributed by atoms with E-state index in [-0.39, 0.29) is 0 Å². The zero-order valence-electron chi connectivity index (χ0n) is 11.6. The summed E-state index contributed by atoms with van der Waals surface area (Å²) >= 11 is 3.96. The highest BCUT2D eigenvalue weighted by Gasteiger charge is 2.26. The van der Waals surface area contributed by atoms with E-state index in [0.29, 0.717) is 17.2 Å². The fraction of sp³-hybridized carbons (Fsp3) is 0.714. The molecule has 3 rings (SSSR count). The molecule has 20 heavy (non-hydrogen) atoms. The number of hydrogen-bond donors (Lipinski definition) is 0. The van der Waals surface area contributed by atoms with Gasteiger partial charge in [0.15, 0.2) is 0 Å². The summed E-state index contributed by atoms with van der Waals surface area (Å²) in [5.41, 5.74) is 0. The van der Waals surface area contributed by atoms with Gasteiger partial charge in [-0.2, -0.15) is 28.6 Å². The Morgan fingerprint density at radius 3 is 2.80 bits per heavy atom. The van der Waals surface area contributed by atoms with Gasteiger partial charge in [0.25, 0.3) is 0 Å². The first-order valence-corrected chi connectivity index (χ1v) is 9.49. The van der Waals surface area contributed by atoms with Crippen molar-refractivity contribution in [2.24, 2.45) is 0 Å². The number of amides is 1. The average molecular weight is 311 g/mol. The van der Waals surface area contributed by atoms with Crippen LogP contribution >= 0.6 is 23.5 Å². The topological polar surface area (TPSA) is 38.1 Å². The summed E-state index contributed by atoms with van der Waals surface area (Å²) in [6.07, 6.45) is 6.64. The maximum absolute atomic E-state index is 12.3. The van der Waals surface area contributed by atoms with Crippen molar-refractivity contribution in [3.05, 3.63) is 18.5 Å². The van der Waals surface area contributed by atoms with Crippen molar-refractivity contribution in [3.63, 3.8) is 0 Å². The molecule has 2 saturated heterocycles. The van der Waals surface area contributed by atoms with Crippen molar-refractivity contribution in [2.45, 2.75) is 30.6 Å². The van der Waals surface area contributed by atoms with Gasteiger partial charge in [-0.25, -0.2) is 0 Å². The first-order valence-electron chi connectivity index (χ1n) is 7.29. The highest BCUT2D eigenvalue weighted by atomic mass is 32.2. The number of piperidine rings is 1. The van der Waals surface area contributed by atoms with Gasteiger partial charge < -0.3 is 4.90 Å². The summed E-state index contributed by atoms with van der Waals surface area (Å²) in [7, 11) is 0. The van der Waals surface area contributed by atoms with E-state index >= 15 is 0 Å². The van der Waals surface area contributed by atoms with Gasteiger partial charge in [0.2, 0.25) is 5.91 Å². The highest BCUT2D eigenvalue weighted by Crippen LogP contribution is 2.28. The first kappa shape index (κ1) is 14.3. The first-order chi connectivity index (χ1) is 9.83. The molecule has 0 aliphatic carbocycles. The largest absolute Gasteiger partial charge is 0.343 e. The van der Waals surface area contributed by atoms with Crippen LogP contribution in [-0.4, -0.2) is 56.2 Å². The molecule has 1 amide bonds. The molecule has 1 aromatic rings. The van der Waals surface area contributed by atoms with Crippen molar-refractivity contribution in [1.82, 2.24) is 14.7 Å². The standard InChI is InChI=1S/C14H21N3OS2/c18-14(10-13-11-19-8-9-20-13)16-6-2-12(3-7-16)17-5-1-4-15-17/h1,4-5,12-13H,2-3,6-11H2/t13-/m1/s1. The highest BCUT2D eigenvalue weighted by molar-refractivity contribution is 8.06. The number of likely N-dealkylation sites (tertiary alicyclic amines) is 1. The summed E-state index contributed by atoms with van der Waals surface area (Å²) < 4.78 is 2.04. The number of thioether (sulfide) groups is 2. The van der Waals surface area contributed by atoms with Gasteiger partial charge in [-0.15, -0.1) is 0 Å². The summed E-state index contributed by atoms with van der Waals surface area (Å²) in [5.74, 6) is 3.93. The van der Waals surface area contributed by atoms with E-state index in [0.717, 1.165) is 38.1 Å². The van der Waals surface area contributed by atoms with E-state index in [2.05, 4.69) is 10.00 Å². The number of hydrogen-bond acceptors (Lipinski definition) is 4. The van der Waals surface area contributed by atoms with E-state index in [1.807, 2.05) is 46.7 Å². The van der Waals surface area contributed by atoms with Crippen molar-refractivity contribution in [3.8, 4) is 0 Å². The molecule has 110 valence electrons. The van der Waals surface area contributed by atoms with Gasteiger partial charge in [-0.1, -0.05) is 0 Å². The van der Waals surface area contributed by atoms with Crippen molar-refractivity contribution in [1.29, 1.82) is 0 Å². The van der Waals surface area contributed by atoms with Crippen LogP contribution in [0.25, 0.3) is 0 Å². The molecular formula is C14H21N3OS2. The monoisotopic (exact) mass is 311 g/mol. The third kappa shape index (κ3) is 3.52. The van der Waals surface area contributed by atoms with E-state index in [4.69, 9.17) is 0 Å². The molecule has 0 aromatic carbocycles. The average Bonchev–Trinajstić information content (AvgIpc) is 3.03. The van der Waals surface area contributed by atoms with Crippen molar-refractivity contribution < 1.29 is 4.79 Å². The smallest absolute Gasteiger partial charge is 0.223 e. The molecule has 4 nitrogen and oxygen atoms in total. The fourth-order valence-corrected chi connectivity index (χ4v) is 5.53. The third-order valence-electron chi connectivity index (χ3n) is 4.00. The lowest BCUT2D eigenvalue weighted by molar-refractivity contribution is -0.132. The Morgan fingerprint density at radius 1 is 1.30 bits per heavy atom. The van der Waals surface area contributed by atoms with Crippen LogP contribution in [0.1, 0.15) is 25.3 Å². The number of aromatic nitrogens is 2. The van der Waals surface area contributed by atoms with Crippen LogP contribution in [0.5, 0.6) is 0 Å². The minimum absolute atomic E-state index is 0.351. The van der Waals surface area contributed by atoms with Crippen molar-refractivity contribution in [2.75, 3.05) is 30.3 Å². The predicted octanol–water partition coefficient (Wildman–Crippen LogP) is 2.29. The van der Waals surface area contributed by atoms with Crippen LogP contribution in [0.2, 0.25) is 0 Å². The maximum Gasteiger partial charge on any atom is 0.223 e. The second-order valence-corrected chi connectivity index (χ2v) is 7.93. The van der Waals surface area contributed by atoms with E-state index in [1.54, 1.807) is 0 Å². The van der Waals surface area contributed by atoms with E-state index in [1.165, 1.54) is 11.5 Å². The van der Waals surface area contributed by atoms with Gasteiger partial charge in [0.1, 0.15) is 0 Å². The van der Waals surface area contributed by atoms with E-state index < -0.39 is 0 Å². The Hall–Kier alpha value is -0.620. The van der Waals surface area contributed by atoms with Gasteiger partial charge in [0, 0.05) is 54.4 Å². The molecule has 1 atom stereocenters. The molecule has 6 heteroatoms. The lowest BCUT2D eigenvalue weighted by Gasteiger charge is -2.33. The zero-order valence-corrected chi connectivity index (χ0v) is 13.2. The summed E-state index contributed by atoms with van der Waals surface area (Å²) in [4.78, 5) is 14.4. The maximum atomic E-state index is 12.3. The molecule has 3 heterocycles. The van der Waals surface area contributed by atoms with Crippen LogP contribution in [0.3, 0.4) is 0 Å². The summed E-state index contributed by atoms with van der Waals surface area (Å²) in [6, 6.07) is 2.43. The molecule has 2 fully saturated rings. The molecule has 0 N–H and O–H groups in total. The third-order valence-corrected chi connectivity index (χ3v) is 6.85. The normalized spacial score (nSPS) is 24.8. The quantitative estimate of drug-likeness (QED) is 0.858. The van der Waals surface area contributed by atoms with Crippen LogP contribution < -0.4 is 0 Å². The molecule has 0 spiro atoms. The molecule has 0 bridgehead atoms. The Morgan fingerprint density at radius 2 is 2.15 bits per heavy atom. The van der Waals surface area contributed by atoms with Gasteiger partial charge in [-0.3, -0.25) is 9.48 Å². The molecule has 0 radical (unpaired) electrons. The number of carbonyl (C=O) groups is 1. The number of carbonyl (C=O) groups excluding carboxylic acids is 1. The molecule has 2 aliphatic heterocycles. The van der Waals surface area contributed by atoms with Gasteiger partial charge >= 0.3 is 0 Å². The molecule has 0 unspecified atom stereocenters. The minimum atomic E-state index is 0.351. The molecular weight excluding hydrogens is 290 g/mol. The Balaban J connectivity index is 1.46. The molecule has 1 aromatic heterocycles. The van der Waals surface area contributed by atoms with Crippen LogP contribution in [0.4, 0.5) is 0 Å². The second-order valence-electron chi connectivity index (χ2n) is 5.37. The van der Waals surface area contributed by atoms with Crippen LogP contribution in [0.15, 0.2) is 18.5 Å². The fourth-order valence-electron chi connectivity index (χ4n) is 2.85. The van der Waals surface area contributed by atoms with Crippen LogP contribution in [-0.2, 0) is 4.79 Å². The van der Waals surface area contributed by atoms with Gasteiger partial charge in [-0.05, 0) is 18.9 Å². The summed E-state index contributed by atoms with van der Waals surface area (Å²) in [6.45, 7) is 1.77. The number of nitrogens with zero attached hydrogens (tertiary/aromatic N) is 3. The van der Waals surface area contributed by atoms with E-state index in [9.17, 15) is 4.79 Å². The Kier molecular flexibility index (Phi) is 4.94.